The van der Waals surface area contributed by atoms with Gasteiger partial charge >= 0.3 is 11.9 Å². The maximum absolute atomic E-state index is 12.2. The highest BCUT2D eigenvalue weighted by molar-refractivity contribution is 6.33. The summed E-state index contributed by atoms with van der Waals surface area (Å²) >= 11 is 5.99. The third-order valence-corrected chi connectivity index (χ3v) is 3.86. The highest BCUT2D eigenvalue weighted by atomic mass is 35.5. The standard InChI is InChI=1S/C18H13ClO5/c1-10-16(18(21)22-2)13-9-11(7-8-15(13)23-10)24-17(20)12-5-3-4-6-14(12)19/h3-9H,1-2H3. The molecule has 0 saturated heterocycles. The van der Waals surface area contributed by atoms with E-state index in [1.807, 2.05) is 0 Å². The molecule has 0 aliphatic carbocycles. The molecule has 1 aromatic heterocycles. The van der Waals surface area contributed by atoms with Gasteiger partial charge in [0.2, 0.25) is 0 Å². The van der Waals surface area contributed by atoms with Crippen LogP contribution >= 0.6 is 11.6 Å². The van der Waals surface area contributed by atoms with E-state index < -0.39 is 11.9 Å². The number of esters is 2. The third-order valence-electron chi connectivity index (χ3n) is 3.53. The molecule has 0 fully saturated rings. The maximum atomic E-state index is 12.2. The Hall–Kier alpha value is -2.79. The Bertz CT molecular complexity index is 942. The summed E-state index contributed by atoms with van der Waals surface area (Å²) in [6.07, 6.45) is 0. The van der Waals surface area contributed by atoms with Crippen LogP contribution in [0.4, 0.5) is 0 Å². The Labute approximate surface area is 142 Å². The predicted octanol–water partition coefficient (Wildman–Crippen LogP) is 4.40. The minimum Gasteiger partial charge on any atom is -0.465 e. The van der Waals surface area contributed by atoms with Crippen molar-refractivity contribution < 1.29 is 23.5 Å². The molecule has 0 N–H and O–H groups in total. The number of carbonyl (C=O) groups excluding carboxylic acids is 2. The number of ether oxygens (including phenoxy) is 2. The van der Waals surface area contributed by atoms with E-state index in [1.54, 1.807) is 49.4 Å². The van der Waals surface area contributed by atoms with Crippen LogP contribution in [0.5, 0.6) is 5.75 Å². The Morgan fingerprint density at radius 3 is 2.54 bits per heavy atom. The number of benzene rings is 2. The first-order chi connectivity index (χ1) is 11.5. The van der Waals surface area contributed by atoms with Crippen molar-refractivity contribution in [2.24, 2.45) is 0 Å². The number of aryl methyl sites for hydroxylation is 1. The summed E-state index contributed by atoms with van der Waals surface area (Å²) in [5, 5.41) is 0.821. The number of fused-ring (bicyclic) bond motifs is 1. The normalized spacial score (nSPS) is 10.6. The predicted molar refractivity (Wildman–Crippen MR) is 88.7 cm³/mol. The van der Waals surface area contributed by atoms with E-state index in [0.29, 0.717) is 27.3 Å². The molecule has 0 bridgehead atoms. The van der Waals surface area contributed by atoms with Crippen molar-refractivity contribution in [2.75, 3.05) is 7.11 Å². The maximum Gasteiger partial charge on any atom is 0.345 e. The molecular weight excluding hydrogens is 332 g/mol. The van der Waals surface area contributed by atoms with Crippen molar-refractivity contribution in [1.29, 1.82) is 0 Å². The van der Waals surface area contributed by atoms with Gasteiger partial charge in [0.05, 0.1) is 17.7 Å². The fourth-order valence-corrected chi connectivity index (χ4v) is 2.62. The van der Waals surface area contributed by atoms with Gasteiger partial charge in [0.1, 0.15) is 22.7 Å². The second-order valence-corrected chi connectivity index (χ2v) is 5.46. The smallest absolute Gasteiger partial charge is 0.345 e. The Balaban J connectivity index is 1.98. The van der Waals surface area contributed by atoms with E-state index in [-0.39, 0.29) is 11.3 Å². The molecule has 0 atom stereocenters. The van der Waals surface area contributed by atoms with Gasteiger partial charge < -0.3 is 13.9 Å². The molecule has 3 aromatic rings. The zero-order valence-electron chi connectivity index (χ0n) is 13.0. The number of hydrogen-bond donors (Lipinski definition) is 0. The summed E-state index contributed by atoms with van der Waals surface area (Å²) in [5.41, 5.74) is 1.07. The first-order valence-corrected chi connectivity index (χ1v) is 7.47. The largest absolute Gasteiger partial charge is 0.465 e. The third kappa shape index (κ3) is 2.86. The van der Waals surface area contributed by atoms with Crippen LogP contribution in [-0.4, -0.2) is 19.0 Å². The van der Waals surface area contributed by atoms with Gasteiger partial charge in [0.25, 0.3) is 0 Å². The summed E-state index contributed by atoms with van der Waals surface area (Å²) in [6, 6.07) is 11.4. The second-order valence-electron chi connectivity index (χ2n) is 5.05. The molecule has 0 aliphatic rings. The first-order valence-electron chi connectivity index (χ1n) is 7.09. The van der Waals surface area contributed by atoms with Gasteiger partial charge in [-0.1, -0.05) is 23.7 Å². The van der Waals surface area contributed by atoms with Gasteiger partial charge in [0, 0.05) is 5.39 Å². The van der Waals surface area contributed by atoms with Gasteiger partial charge in [-0.2, -0.15) is 0 Å². The van der Waals surface area contributed by atoms with Crippen LogP contribution in [0.3, 0.4) is 0 Å². The van der Waals surface area contributed by atoms with E-state index in [4.69, 9.17) is 25.5 Å². The summed E-state index contributed by atoms with van der Waals surface area (Å²) in [7, 11) is 1.29. The molecule has 3 rings (SSSR count). The van der Waals surface area contributed by atoms with Crippen LogP contribution < -0.4 is 4.74 Å². The van der Waals surface area contributed by atoms with Crippen molar-refractivity contribution in [1.82, 2.24) is 0 Å². The number of carbonyl (C=O) groups is 2. The molecule has 0 unspecified atom stereocenters. The molecular formula is C18H13ClO5. The fourth-order valence-electron chi connectivity index (χ4n) is 2.41. The molecule has 0 radical (unpaired) electrons. The van der Waals surface area contributed by atoms with E-state index in [9.17, 15) is 9.59 Å². The van der Waals surface area contributed by atoms with Crippen molar-refractivity contribution in [2.45, 2.75) is 6.92 Å². The second kappa shape index (κ2) is 6.37. The zero-order chi connectivity index (χ0) is 17.3. The quantitative estimate of drug-likeness (QED) is 0.520. The van der Waals surface area contributed by atoms with Crippen LogP contribution in [0.2, 0.25) is 5.02 Å². The average molecular weight is 345 g/mol. The Morgan fingerprint density at radius 2 is 1.83 bits per heavy atom. The minimum atomic E-state index is -0.584. The molecule has 0 saturated carbocycles. The molecule has 24 heavy (non-hydrogen) atoms. The summed E-state index contributed by atoms with van der Waals surface area (Å²) < 4.78 is 15.6. The SMILES string of the molecule is COC(=O)c1c(C)oc2ccc(OC(=O)c3ccccc3Cl)cc12. The lowest BCUT2D eigenvalue weighted by molar-refractivity contribution is 0.0600. The molecule has 0 aliphatic heterocycles. The minimum absolute atomic E-state index is 0.260. The van der Waals surface area contributed by atoms with Crippen LogP contribution in [0.1, 0.15) is 26.5 Å². The number of methoxy groups -OCH3 is 1. The molecule has 6 heteroatoms. The molecule has 0 spiro atoms. The number of hydrogen-bond acceptors (Lipinski definition) is 5. The van der Waals surface area contributed by atoms with Crippen molar-refractivity contribution in [3.8, 4) is 5.75 Å². The fraction of sp³-hybridized carbons (Fsp3) is 0.111. The van der Waals surface area contributed by atoms with Crippen molar-refractivity contribution >= 4 is 34.5 Å². The van der Waals surface area contributed by atoms with Crippen LogP contribution in [0.15, 0.2) is 46.9 Å². The van der Waals surface area contributed by atoms with E-state index >= 15 is 0 Å². The lowest BCUT2D eigenvalue weighted by Crippen LogP contribution is -2.09. The van der Waals surface area contributed by atoms with E-state index in [0.717, 1.165) is 0 Å². The summed E-state index contributed by atoms with van der Waals surface area (Å²) in [5.74, 6) is -0.384. The van der Waals surface area contributed by atoms with Crippen LogP contribution in [0, 0.1) is 6.92 Å². The van der Waals surface area contributed by atoms with Crippen molar-refractivity contribution in [3.05, 3.63) is 64.4 Å². The summed E-state index contributed by atoms with van der Waals surface area (Å²) in [4.78, 5) is 24.1. The highest BCUT2D eigenvalue weighted by Crippen LogP contribution is 2.30. The van der Waals surface area contributed by atoms with E-state index in [2.05, 4.69) is 0 Å². The van der Waals surface area contributed by atoms with Gasteiger partial charge in [0.15, 0.2) is 0 Å². The summed E-state index contributed by atoms with van der Waals surface area (Å²) in [6.45, 7) is 1.67. The van der Waals surface area contributed by atoms with Crippen LogP contribution in [-0.2, 0) is 4.74 Å². The monoisotopic (exact) mass is 344 g/mol. The van der Waals surface area contributed by atoms with E-state index in [1.165, 1.54) is 7.11 Å². The van der Waals surface area contributed by atoms with Gasteiger partial charge in [-0.25, -0.2) is 9.59 Å². The first kappa shape index (κ1) is 16.1. The lowest BCUT2D eigenvalue weighted by atomic mass is 10.1. The van der Waals surface area contributed by atoms with Gasteiger partial charge in [-0.3, -0.25) is 0 Å². The lowest BCUT2D eigenvalue weighted by Gasteiger charge is -2.06. The molecule has 5 nitrogen and oxygen atoms in total. The van der Waals surface area contributed by atoms with Crippen molar-refractivity contribution in [3.63, 3.8) is 0 Å². The zero-order valence-corrected chi connectivity index (χ0v) is 13.7. The number of furan rings is 1. The molecule has 2 aromatic carbocycles. The Morgan fingerprint density at radius 1 is 1.08 bits per heavy atom. The number of rotatable bonds is 3. The van der Waals surface area contributed by atoms with Crippen LogP contribution in [0.25, 0.3) is 11.0 Å². The highest BCUT2D eigenvalue weighted by Gasteiger charge is 2.20. The topological polar surface area (TPSA) is 65.7 Å². The number of halogens is 1. The van der Waals surface area contributed by atoms with Gasteiger partial charge in [-0.05, 0) is 37.3 Å². The average Bonchev–Trinajstić information content (AvgIpc) is 2.89. The van der Waals surface area contributed by atoms with Gasteiger partial charge in [-0.15, -0.1) is 0 Å². The molecule has 122 valence electrons. The molecule has 0 amide bonds. The Kier molecular flexibility index (Phi) is 4.27. The molecule has 1 heterocycles.